The monoisotopic (exact) mass is 278 g/mol. The maximum Gasteiger partial charge on any atom is 0.410 e. The molecule has 0 spiro atoms. The number of likely N-dealkylation sites (tertiary alicyclic amines) is 1. The molecule has 1 fully saturated rings. The van der Waals surface area contributed by atoms with Crippen LogP contribution in [0.5, 0.6) is 5.75 Å². The highest BCUT2D eigenvalue weighted by Crippen LogP contribution is 2.38. The van der Waals surface area contributed by atoms with E-state index in [-0.39, 0.29) is 18.2 Å². The molecule has 0 saturated carbocycles. The molecule has 5 heteroatoms. The lowest BCUT2D eigenvalue weighted by Gasteiger charge is -2.46. The van der Waals surface area contributed by atoms with Crippen molar-refractivity contribution in [2.24, 2.45) is 5.73 Å². The smallest absolute Gasteiger partial charge is 0.410 e. The van der Waals surface area contributed by atoms with E-state index in [0.29, 0.717) is 6.54 Å². The number of rotatable bonds is 2. The van der Waals surface area contributed by atoms with Crippen molar-refractivity contribution in [2.75, 3.05) is 13.7 Å². The van der Waals surface area contributed by atoms with Crippen LogP contribution in [0, 0.1) is 0 Å². The third-order valence-electron chi connectivity index (χ3n) is 3.23. The fourth-order valence-corrected chi connectivity index (χ4v) is 2.35. The molecule has 1 heterocycles. The molecule has 0 bridgehead atoms. The minimum Gasteiger partial charge on any atom is -0.496 e. The molecule has 1 aliphatic heterocycles. The first-order valence-corrected chi connectivity index (χ1v) is 6.71. The minimum absolute atomic E-state index is 0.0983. The highest BCUT2D eigenvalue weighted by atomic mass is 16.6. The Morgan fingerprint density at radius 2 is 2.00 bits per heavy atom. The standard InChI is InChI=1S/C15H22N2O3/c1-15(2,3)20-14(18)17-9-11(16)13(17)10-7-5-6-8-12(10)19-4/h5-8,11,13H,9,16H2,1-4H3. The average molecular weight is 278 g/mol. The maximum absolute atomic E-state index is 12.2. The van der Waals surface area contributed by atoms with Gasteiger partial charge in [0, 0.05) is 18.2 Å². The second-order valence-electron chi connectivity index (χ2n) is 5.98. The van der Waals surface area contributed by atoms with Crippen LogP contribution < -0.4 is 10.5 Å². The Labute approximate surface area is 119 Å². The van der Waals surface area contributed by atoms with Crippen molar-refractivity contribution in [3.63, 3.8) is 0 Å². The van der Waals surface area contributed by atoms with Crippen molar-refractivity contribution >= 4 is 6.09 Å². The second-order valence-corrected chi connectivity index (χ2v) is 5.98. The summed E-state index contributed by atoms with van der Waals surface area (Å²) >= 11 is 0. The van der Waals surface area contributed by atoms with Crippen molar-refractivity contribution in [3.05, 3.63) is 29.8 Å². The van der Waals surface area contributed by atoms with E-state index in [1.54, 1.807) is 12.0 Å². The Morgan fingerprint density at radius 3 is 2.55 bits per heavy atom. The van der Waals surface area contributed by atoms with Gasteiger partial charge in [-0.3, -0.25) is 4.90 Å². The molecule has 2 N–H and O–H groups in total. The van der Waals surface area contributed by atoms with Gasteiger partial charge in [0.1, 0.15) is 11.4 Å². The highest BCUT2D eigenvalue weighted by molar-refractivity contribution is 5.71. The van der Waals surface area contributed by atoms with E-state index in [0.717, 1.165) is 11.3 Å². The van der Waals surface area contributed by atoms with Gasteiger partial charge >= 0.3 is 6.09 Å². The van der Waals surface area contributed by atoms with Gasteiger partial charge in [0.2, 0.25) is 0 Å². The Balaban J connectivity index is 2.20. The van der Waals surface area contributed by atoms with E-state index in [2.05, 4.69) is 0 Å². The normalized spacial score (nSPS) is 22.1. The lowest BCUT2D eigenvalue weighted by atomic mass is 9.90. The summed E-state index contributed by atoms with van der Waals surface area (Å²) in [6.45, 7) is 6.05. The Morgan fingerprint density at radius 1 is 1.35 bits per heavy atom. The molecule has 1 amide bonds. The zero-order valence-corrected chi connectivity index (χ0v) is 12.4. The molecule has 2 atom stereocenters. The summed E-state index contributed by atoms with van der Waals surface area (Å²) in [6, 6.07) is 7.31. The highest BCUT2D eigenvalue weighted by Gasteiger charge is 2.43. The summed E-state index contributed by atoms with van der Waals surface area (Å²) in [5.41, 5.74) is 6.47. The number of amides is 1. The minimum atomic E-state index is -0.512. The van der Waals surface area contributed by atoms with Crippen LogP contribution >= 0.6 is 0 Å². The van der Waals surface area contributed by atoms with E-state index in [9.17, 15) is 4.79 Å². The molecule has 0 radical (unpaired) electrons. The summed E-state index contributed by atoms with van der Waals surface area (Å²) in [4.78, 5) is 13.8. The predicted molar refractivity (Wildman–Crippen MR) is 76.7 cm³/mol. The van der Waals surface area contributed by atoms with Gasteiger partial charge in [-0.25, -0.2) is 4.79 Å². The molecular weight excluding hydrogens is 256 g/mol. The number of hydrogen-bond donors (Lipinski definition) is 1. The van der Waals surface area contributed by atoms with E-state index in [4.69, 9.17) is 15.2 Å². The molecule has 1 aromatic rings. The van der Waals surface area contributed by atoms with Crippen LogP contribution in [-0.2, 0) is 4.74 Å². The van der Waals surface area contributed by atoms with Gasteiger partial charge in [-0.2, -0.15) is 0 Å². The summed E-state index contributed by atoms with van der Waals surface area (Å²) in [7, 11) is 1.61. The summed E-state index contributed by atoms with van der Waals surface area (Å²) < 4.78 is 10.8. The number of nitrogens with zero attached hydrogens (tertiary/aromatic N) is 1. The number of benzene rings is 1. The van der Waals surface area contributed by atoms with Crippen LogP contribution in [0.15, 0.2) is 24.3 Å². The van der Waals surface area contributed by atoms with Gasteiger partial charge < -0.3 is 15.2 Å². The number of ether oxygens (including phenoxy) is 2. The van der Waals surface area contributed by atoms with Crippen LogP contribution in [0.1, 0.15) is 32.4 Å². The SMILES string of the molecule is COc1ccccc1C1C(N)CN1C(=O)OC(C)(C)C. The molecule has 1 saturated heterocycles. The molecule has 2 rings (SSSR count). The largest absolute Gasteiger partial charge is 0.496 e. The average Bonchev–Trinajstić information content (AvgIpc) is 2.34. The van der Waals surface area contributed by atoms with Crippen molar-refractivity contribution in [1.29, 1.82) is 0 Å². The van der Waals surface area contributed by atoms with E-state index >= 15 is 0 Å². The van der Waals surface area contributed by atoms with Crippen LogP contribution in [0.3, 0.4) is 0 Å². The second kappa shape index (κ2) is 5.32. The third-order valence-corrected chi connectivity index (χ3v) is 3.23. The first-order valence-electron chi connectivity index (χ1n) is 6.71. The fourth-order valence-electron chi connectivity index (χ4n) is 2.35. The van der Waals surface area contributed by atoms with Crippen LogP contribution in [0.2, 0.25) is 0 Å². The Bertz CT molecular complexity index is 496. The zero-order chi connectivity index (χ0) is 14.9. The molecule has 5 nitrogen and oxygen atoms in total. The van der Waals surface area contributed by atoms with Gasteiger partial charge in [0.15, 0.2) is 0 Å². The summed E-state index contributed by atoms with van der Waals surface area (Å²) in [5.74, 6) is 0.737. The summed E-state index contributed by atoms with van der Waals surface area (Å²) in [5, 5.41) is 0. The van der Waals surface area contributed by atoms with Crippen molar-refractivity contribution in [1.82, 2.24) is 4.90 Å². The van der Waals surface area contributed by atoms with E-state index < -0.39 is 5.60 Å². The molecular formula is C15H22N2O3. The molecule has 2 unspecified atom stereocenters. The first kappa shape index (κ1) is 14.7. The van der Waals surface area contributed by atoms with Crippen molar-refractivity contribution in [2.45, 2.75) is 38.5 Å². The van der Waals surface area contributed by atoms with E-state index in [1.807, 2.05) is 45.0 Å². The first-order chi connectivity index (χ1) is 9.33. The molecule has 0 aliphatic carbocycles. The lowest BCUT2D eigenvalue weighted by molar-refractivity contribution is -0.0138. The Hall–Kier alpha value is -1.75. The van der Waals surface area contributed by atoms with Crippen LogP contribution in [-0.4, -0.2) is 36.3 Å². The van der Waals surface area contributed by atoms with Gasteiger partial charge in [-0.1, -0.05) is 18.2 Å². The molecule has 1 aliphatic rings. The number of hydrogen-bond acceptors (Lipinski definition) is 4. The molecule has 0 aromatic heterocycles. The van der Waals surface area contributed by atoms with Crippen LogP contribution in [0.4, 0.5) is 4.79 Å². The molecule has 20 heavy (non-hydrogen) atoms. The van der Waals surface area contributed by atoms with Gasteiger partial charge in [-0.05, 0) is 26.8 Å². The van der Waals surface area contributed by atoms with Gasteiger partial charge in [0.25, 0.3) is 0 Å². The van der Waals surface area contributed by atoms with Crippen LogP contribution in [0.25, 0.3) is 0 Å². The lowest BCUT2D eigenvalue weighted by Crippen LogP contribution is -2.60. The number of methoxy groups -OCH3 is 1. The molecule has 110 valence electrons. The third kappa shape index (κ3) is 2.88. The Kier molecular flexibility index (Phi) is 3.90. The molecule has 1 aromatic carbocycles. The maximum atomic E-state index is 12.2. The fraction of sp³-hybridized carbons (Fsp3) is 0.533. The van der Waals surface area contributed by atoms with Crippen molar-refractivity contribution in [3.8, 4) is 5.75 Å². The number of carbonyl (C=O) groups excluding carboxylic acids is 1. The van der Waals surface area contributed by atoms with Gasteiger partial charge in [0.05, 0.1) is 13.2 Å². The number of carbonyl (C=O) groups is 1. The predicted octanol–water partition coefficient (Wildman–Crippen LogP) is 2.31. The quantitative estimate of drug-likeness (QED) is 0.901. The van der Waals surface area contributed by atoms with E-state index in [1.165, 1.54) is 0 Å². The zero-order valence-electron chi connectivity index (χ0n) is 12.4. The summed E-state index contributed by atoms with van der Waals surface area (Å²) in [6.07, 6.45) is -0.338. The topological polar surface area (TPSA) is 64.8 Å². The number of nitrogens with two attached hydrogens (primary N) is 1. The van der Waals surface area contributed by atoms with Crippen molar-refractivity contribution < 1.29 is 14.3 Å². The van der Waals surface area contributed by atoms with Gasteiger partial charge in [-0.15, -0.1) is 0 Å². The number of para-hydroxylation sites is 1.